The lowest BCUT2D eigenvalue weighted by molar-refractivity contribution is 0.109. The molecule has 1 aromatic carbocycles. The molecule has 1 amide bonds. The van der Waals surface area contributed by atoms with Crippen molar-refractivity contribution in [1.82, 2.24) is 4.48 Å². The first kappa shape index (κ1) is 11.1. The quantitative estimate of drug-likeness (QED) is 0.682. The van der Waals surface area contributed by atoms with Crippen LogP contribution < -0.4 is 4.48 Å². The number of fused-ring (bicyclic) bond motifs is 1. The van der Waals surface area contributed by atoms with Gasteiger partial charge in [-0.15, -0.1) is 0 Å². The minimum absolute atomic E-state index is 0.0448. The molecule has 2 rings (SSSR count). The zero-order valence-electron chi connectivity index (χ0n) is 10.0. The van der Waals surface area contributed by atoms with E-state index in [1.54, 1.807) is 0 Å². The third-order valence-corrected chi connectivity index (χ3v) is 3.59. The van der Waals surface area contributed by atoms with Crippen molar-refractivity contribution in [1.29, 1.82) is 0 Å². The highest BCUT2D eigenvalue weighted by molar-refractivity contribution is 5.85. The van der Waals surface area contributed by atoms with Crippen LogP contribution in [-0.4, -0.2) is 23.3 Å². The van der Waals surface area contributed by atoms with E-state index in [0.29, 0.717) is 6.54 Å². The number of benzene rings is 1. The predicted molar refractivity (Wildman–Crippen MR) is 64.6 cm³/mol. The maximum atomic E-state index is 11.7. The fraction of sp³-hybridized carbons (Fsp3) is 0.462. The van der Waals surface area contributed by atoms with Crippen LogP contribution in [0.5, 0.6) is 0 Å². The molecule has 86 valence electrons. The molecule has 3 nitrogen and oxygen atoms in total. The Bertz CT molecular complexity index is 434. The van der Waals surface area contributed by atoms with Gasteiger partial charge in [0.2, 0.25) is 0 Å². The highest BCUT2D eigenvalue weighted by atomic mass is 16.4. The van der Waals surface area contributed by atoms with Crippen molar-refractivity contribution in [3.8, 4) is 0 Å². The van der Waals surface area contributed by atoms with Crippen LogP contribution in [0.25, 0.3) is 0 Å². The van der Waals surface area contributed by atoms with Crippen LogP contribution in [0.1, 0.15) is 26.3 Å². The summed E-state index contributed by atoms with van der Waals surface area (Å²) in [6.07, 6.45) is 0.0946. The molecule has 1 aromatic rings. The summed E-state index contributed by atoms with van der Waals surface area (Å²) in [4.78, 5) is 11.7. The van der Waals surface area contributed by atoms with E-state index in [9.17, 15) is 9.90 Å². The molecule has 0 fully saturated rings. The van der Waals surface area contributed by atoms with Crippen molar-refractivity contribution >= 4 is 11.8 Å². The number of rotatable bonds is 0. The minimum atomic E-state index is -0.752. The molecule has 1 aliphatic rings. The first-order valence-corrected chi connectivity index (χ1v) is 5.60. The summed E-state index contributed by atoms with van der Waals surface area (Å²) >= 11 is 0. The lowest BCUT2D eigenvalue weighted by Crippen LogP contribution is -2.63. The second-order valence-electron chi connectivity index (χ2n) is 5.37. The van der Waals surface area contributed by atoms with Crippen LogP contribution in [0.3, 0.4) is 0 Å². The summed E-state index contributed by atoms with van der Waals surface area (Å²) in [6.45, 7) is 6.62. The van der Waals surface area contributed by atoms with Crippen LogP contribution in [0, 0.1) is 0 Å². The van der Waals surface area contributed by atoms with E-state index in [1.165, 1.54) is 5.56 Å². The Morgan fingerprint density at radius 1 is 1.31 bits per heavy atom. The van der Waals surface area contributed by atoms with Gasteiger partial charge in [-0.1, -0.05) is 18.2 Å². The molecule has 0 aromatic heterocycles. The highest BCUT2D eigenvalue weighted by Gasteiger charge is 2.53. The maximum absolute atomic E-state index is 11.7. The average Bonchev–Trinajstić information content (AvgIpc) is 2.56. The van der Waals surface area contributed by atoms with Crippen molar-refractivity contribution in [2.24, 2.45) is 0 Å². The third-order valence-electron chi connectivity index (χ3n) is 3.59. The Labute approximate surface area is 95.9 Å². The molecule has 16 heavy (non-hydrogen) atoms. The molecule has 0 bridgehead atoms. The van der Waals surface area contributed by atoms with Crippen LogP contribution in [-0.2, 0) is 6.42 Å². The van der Waals surface area contributed by atoms with E-state index >= 15 is 0 Å². The van der Waals surface area contributed by atoms with E-state index < -0.39 is 6.09 Å². The number of quaternary nitrogens is 1. The zero-order chi connectivity index (χ0) is 12.0. The Kier molecular flexibility index (Phi) is 2.31. The lowest BCUT2D eigenvalue weighted by atomic mass is 10.0. The van der Waals surface area contributed by atoms with Gasteiger partial charge in [-0.3, -0.25) is 0 Å². The molecule has 0 spiro atoms. The first-order valence-electron chi connectivity index (χ1n) is 5.60. The Hall–Kier alpha value is -1.35. The molecule has 3 heteroatoms. The van der Waals surface area contributed by atoms with Gasteiger partial charge in [0, 0.05) is 18.1 Å². The molecule has 0 aliphatic carbocycles. The van der Waals surface area contributed by atoms with Gasteiger partial charge in [-0.05, 0) is 20.8 Å². The monoisotopic (exact) mass is 220 g/mol. The second kappa shape index (κ2) is 3.32. The number of amides is 1. The molecule has 1 heterocycles. The smallest absolute Gasteiger partial charge is 0.435 e. The fourth-order valence-corrected chi connectivity index (χ4v) is 2.69. The minimum Gasteiger partial charge on any atom is -0.435 e. The number of carboxylic acid groups (broad SMARTS) is 1. The summed E-state index contributed by atoms with van der Waals surface area (Å²) in [5.74, 6) is 0. The largest absolute Gasteiger partial charge is 0.519 e. The van der Waals surface area contributed by atoms with Crippen LogP contribution in [0.2, 0.25) is 0 Å². The molecule has 0 radical (unpaired) electrons. The van der Waals surface area contributed by atoms with Gasteiger partial charge < -0.3 is 5.11 Å². The van der Waals surface area contributed by atoms with Gasteiger partial charge in [0.25, 0.3) is 0 Å². The normalized spacial score (nSPS) is 24.2. The number of para-hydroxylation sites is 1. The number of hydrogen-bond donors (Lipinski definition) is 1. The topological polar surface area (TPSA) is 37.3 Å². The van der Waals surface area contributed by atoms with Gasteiger partial charge >= 0.3 is 6.09 Å². The van der Waals surface area contributed by atoms with E-state index in [-0.39, 0.29) is 10.0 Å². The van der Waals surface area contributed by atoms with Gasteiger partial charge in [-0.25, -0.2) is 0 Å². The van der Waals surface area contributed by atoms with E-state index in [0.717, 1.165) is 12.1 Å². The van der Waals surface area contributed by atoms with E-state index in [2.05, 4.69) is 0 Å². The molecular weight excluding hydrogens is 202 g/mol. The van der Waals surface area contributed by atoms with Crippen molar-refractivity contribution in [2.75, 3.05) is 6.54 Å². The van der Waals surface area contributed by atoms with Crippen LogP contribution in [0.4, 0.5) is 10.5 Å². The fourth-order valence-electron chi connectivity index (χ4n) is 2.69. The van der Waals surface area contributed by atoms with Crippen molar-refractivity contribution in [3.05, 3.63) is 29.8 Å². The number of carbonyl (C=O) groups is 1. The van der Waals surface area contributed by atoms with Crippen molar-refractivity contribution in [3.63, 3.8) is 0 Å². The Balaban J connectivity index is 2.66. The van der Waals surface area contributed by atoms with Crippen LogP contribution in [0.15, 0.2) is 24.3 Å². The standard InChI is InChI=1S/C13H17NO2/c1-13(2,3)14(12(15)16)9-8-10-6-4-5-7-11(10)14/h4-7H,8-9H2,1-3H3/p+1. The van der Waals surface area contributed by atoms with Crippen LogP contribution >= 0.6 is 0 Å². The van der Waals surface area contributed by atoms with Crippen molar-refractivity contribution < 1.29 is 9.90 Å². The summed E-state index contributed by atoms with van der Waals surface area (Å²) in [5.41, 5.74) is 1.79. The second-order valence-corrected chi connectivity index (χ2v) is 5.37. The lowest BCUT2D eigenvalue weighted by Gasteiger charge is -2.40. The van der Waals surface area contributed by atoms with Gasteiger partial charge in [0.05, 0.1) is 6.54 Å². The Morgan fingerprint density at radius 3 is 2.50 bits per heavy atom. The van der Waals surface area contributed by atoms with E-state index in [1.807, 2.05) is 45.0 Å². The average molecular weight is 220 g/mol. The van der Waals surface area contributed by atoms with Gasteiger partial charge in [0.1, 0.15) is 11.2 Å². The van der Waals surface area contributed by atoms with Gasteiger partial charge in [-0.2, -0.15) is 9.28 Å². The maximum Gasteiger partial charge on any atom is 0.519 e. The number of hydrogen-bond acceptors (Lipinski definition) is 1. The molecule has 1 N–H and O–H groups in total. The molecule has 1 unspecified atom stereocenters. The molecule has 0 saturated carbocycles. The molecule has 1 aliphatic heterocycles. The summed E-state index contributed by atoms with van der Waals surface area (Å²) < 4.78 is 0.0448. The Morgan fingerprint density at radius 2 is 1.94 bits per heavy atom. The summed E-state index contributed by atoms with van der Waals surface area (Å²) in [7, 11) is 0. The van der Waals surface area contributed by atoms with E-state index in [4.69, 9.17) is 0 Å². The SMILES string of the molecule is CC(C)(C)[N+]1(C(=O)O)CCc2ccccc21. The molecule has 1 atom stereocenters. The zero-order valence-corrected chi connectivity index (χ0v) is 10.0. The molecular formula is C13H18NO2+. The predicted octanol–water partition coefficient (Wildman–Crippen LogP) is 3.03. The third kappa shape index (κ3) is 1.28. The van der Waals surface area contributed by atoms with Crippen molar-refractivity contribution in [2.45, 2.75) is 32.7 Å². The van der Waals surface area contributed by atoms with Gasteiger partial charge in [0.15, 0.2) is 0 Å². The highest BCUT2D eigenvalue weighted by Crippen LogP contribution is 2.41. The first-order chi connectivity index (χ1) is 7.39. The number of nitrogens with zero attached hydrogens (tertiary/aromatic N) is 1. The summed E-state index contributed by atoms with van der Waals surface area (Å²) in [6, 6.07) is 7.88. The molecule has 0 saturated heterocycles. The summed E-state index contributed by atoms with van der Waals surface area (Å²) in [5, 5.41) is 9.62.